The summed E-state index contributed by atoms with van der Waals surface area (Å²) in [4.78, 5) is 17.0. The quantitative estimate of drug-likeness (QED) is 0.647. The number of carbonyl (C=O) groups is 1. The van der Waals surface area contributed by atoms with Crippen molar-refractivity contribution in [2.45, 2.75) is 13.8 Å². The molecule has 94 valence electrons. The van der Waals surface area contributed by atoms with Crippen LogP contribution in [0.5, 0.6) is 0 Å². The van der Waals surface area contributed by atoms with Crippen molar-refractivity contribution in [3.63, 3.8) is 0 Å². The van der Waals surface area contributed by atoms with Crippen molar-refractivity contribution in [3.8, 4) is 0 Å². The van der Waals surface area contributed by atoms with E-state index >= 15 is 0 Å². The van der Waals surface area contributed by atoms with Crippen LogP contribution in [0.25, 0.3) is 0 Å². The number of nitrogens with zero attached hydrogens (tertiary/aromatic N) is 1. The molecule has 0 atom stereocenters. The molecule has 17 heavy (non-hydrogen) atoms. The molecule has 0 fully saturated rings. The summed E-state index contributed by atoms with van der Waals surface area (Å²) in [6, 6.07) is 3.70. The third kappa shape index (κ3) is 3.42. The van der Waals surface area contributed by atoms with Gasteiger partial charge in [-0.25, -0.2) is 9.45 Å². The van der Waals surface area contributed by atoms with E-state index in [1.165, 1.54) is 24.3 Å². The van der Waals surface area contributed by atoms with E-state index in [1.54, 1.807) is 0 Å². The molecule has 0 aliphatic rings. The van der Waals surface area contributed by atoms with E-state index in [0.29, 0.717) is 6.54 Å². The normalized spacial score (nSPS) is 10.6. The molecule has 4 nitrogen and oxygen atoms in total. The number of nitrogens with two attached hydrogens (primary N) is 1. The van der Waals surface area contributed by atoms with E-state index in [0.717, 1.165) is 6.07 Å². The van der Waals surface area contributed by atoms with Crippen molar-refractivity contribution in [2.75, 3.05) is 19.4 Å². The van der Waals surface area contributed by atoms with Gasteiger partial charge in [-0.3, -0.25) is 9.63 Å². The molecule has 0 bridgehead atoms. The molecule has 1 aromatic carbocycles. The molecular weight excluding hydrogens is 223 g/mol. The minimum absolute atomic E-state index is 0.118. The molecular formula is C12H17FN2O2. The van der Waals surface area contributed by atoms with E-state index in [2.05, 4.69) is 0 Å². The first-order valence-corrected chi connectivity index (χ1v) is 5.36. The number of hydroxylamine groups is 2. The smallest absolute Gasteiger partial charge is 0.279 e. The second-order valence-corrected chi connectivity index (χ2v) is 4.17. The lowest BCUT2D eigenvalue weighted by Crippen LogP contribution is -2.33. The molecule has 5 heteroatoms. The molecule has 0 saturated heterocycles. The van der Waals surface area contributed by atoms with Gasteiger partial charge in [-0.15, -0.1) is 0 Å². The van der Waals surface area contributed by atoms with Crippen molar-refractivity contribution >= 4 is 11.6 Å². The maximum Gasteiger partial charge on any atom is 0.279 e. The second kappa shape index (κ2) is 5.63. The van der Waals surface area contributed by atoms with Gasteiger partial charge < -0.3 is 5.73 Å². The Labute approximate surface area is 100 Å². The average Bonchev–Trinajstić information content (AvgIpc) is 2.28. The highest BCUT2D eigenvalue weighted by Gasteiger charge is 2.19. The van der Waals surface area contributed by atoms with Crippen molar-refractivity contribution in [1.29, 1.82) is 0 Å². The zero-order valence-electron chi connectivity index (χ0n) is 10.2. The van der Waals surface area contributed by atoms with E-state index in [1.807, 2.05) is 13.8 Å². The van der Waals surface area contributed by atoms with Crippen LogP contribution >= 0.6 is 0 Å². The van der Waals surface area contributed by atoms with Gasteiger partial charge in [-0.1, -0.05) is 13.8 Å². The zero-order valence-corrected chi connectivity index (χ0v) is 10.2. The Morgan fingerprint density at radius 2 is 2.18 bits per heavy atom. The maximum absolute atomic E-state index is 13.1. The largest absolute Gasteiger partial charge is 0.398 e. The molecule has 0 aromatic heterocycles. The number of amides is 1. The number of carbonyl (C=O) groups excluding carboxylic acids is 1. The Morgan fingerprint density at radius 1 is 1.53 bits per heavy atom. The van der Waals surface area contributed by atoms with Gasteiger partial charge in [0.2, 0.25) is 0 Å². The van der Waals surface area contributed by atoms with Crippen molar-refractivity contribution in [1.82, 2.24) is 5.06 Å². The molecule has 2 N–H and O–H groups in total. The van der Waals surface area contributed by atoms with Gasteiger partial charge >= 0.3 is 0 Å². The summed E-state index contributed by atoms with van der Waals surface area (Å²) in [7, 11) is 1.40. The Balaban J connectivity index is 2.97. The lowest BCUT2D eigenvalue weighted by Gasteiger charge is -2.22. The Hall–Kier alpha value is -1.62. The number of hydrogen-bond acceptors (Lipinski definition) is 3. The highest BCUT2D eigenvalue weighted by atomic mass is 19.1. The van der Waals surface area contributed by atoms with Crippen LogP contribution in [0.15, 0.2) is 18.2 Å². The van der Waals surface area contributed by atoms with E-state index in [4.69, 9.17) is 10.6 Å². The third-order valence-electron chi connectivity index (χ3n) is 2.22. The lowest BCUT2D eigenvalue weighted by atomic mass is 10.1. The topological polar surface area (TPSA) is 55.6 Å². The zero-order chi connectivity index (χ0) is 13.0. The SMILES string of the molecule is CON(CC(C)C)C(=O)c1cc(F)ccc1N. The minimum atomic E-state index is -0.497. The number of halogens is 1. The summed E-state index contributed by atoms with van der Waals surface area (Å²) in [5.41, 5.74) is 6.00. The molecule has 0 unspecified atom stereocenters. The number of nitrogen functional groups attached to an aromatic ring is 1. The van der Waals surface area contributed by atoms with Crippen molar-refractivity contribution in [2.24, 2.45) is 5.92 Å². The van der Waals surface area contributed by atoms with Gasteiger partial charge in [-0.2, -0.15) is 0 Å². The van der Waals surface area contributed by atoms with Crippen molar-refractivity contribution in [3.05, 3.63) is 29.6 Å². The minimum Gasteiger partial charge on any atom is -0.398 e. The van der Waals surface area contributed by atoms with Crippen LogP contribution in [-0.4, -0.2) is 24.6 Å². The summed E-state index contributed by atoms with van der Waals surface area (Å²) in [6.07, 6.45) is 0. The first kappa shape index (κ1) is 13.4. The molecule has 0 aliphatic heterocycles. The third-order valence-corrected chi connectivity index (χ3v) is 2.22. The van der Waals surface area contributed by atoms with Crippen LogP contribution in [-0.2, 0) is 4.84 Å². The highest BCUT2D eigenvalue weighted by Crippen LogP contribution is 2.16. The first-order chi connectivity index (χ1) is 7.95. The van der Waals surface area contributed by atoms with Crippen LogP contribution in [0.3, 0.4) is 0 Å². The van der Waals surface area contributed by atoms with Gasteiger partial charge in [-0.05, 0) is 24.1 Å². The Morgan fingerprint density at radius 3 is 2.71 bits per heavy atom. The molecule has 0 spiro atoms. The summed E-state index contributed by atoms with van der Waals surface area (Å²) < 4.78 is 13.1. The molecule has 1 amide bonds. The van der Waals surface area contributed by atoms with Gasteiger partial charge in [0.25, 0.3) is 5.91 Å². The lowest BCUT2D eigenvalue weighted by molar-refractivity contribution is -0.101. The van der Waals surface area contributed by atoms with Gasteiger partial charge in [0, 0.05) is 5.69 Å². The fraction of sp³-hybridized carbons (Fsp3) is 0.417. The number of rotatable bonds is 4. The molecule has 0 saturated carbocycles. The standard InChI is InChI=1S/C12H17FN2O2/c1-8(2)7-15(17-3)12(16)10-6-9(13)4-5-11(10)14/h4-6,8H,7,14H2,1-3H3. The van der Waals surface area contributed by atoms with Gasteiger partial charge in [0.05, 0.1) is 19.2 Å². The maximum atomic E-state index is 13.1. The summed E-state index contributed by atoms with van der Waals surface area (Å²) >= 11 is 0. The Bertz CT molecular complexity index is 407. The monoisotopic (exact) mass is 240 g/mol. The first-order valence-electron chi connectivity index (χ1n) is 5.36. The fourth-order valence-electron chi connectivity index (χ4n) is 1.42. The number of hydrogen-bond donors (Lipinski definition) is 1. The highest BCUT2D eigenvalue weighted by molar-refractivity contribution is 5.98. The average molecular weight is 240 g/mol. The van der Waals surface area contributed by atoms with Crippen LogP contribution in [0, 0.1) is 11.7 Å². The molecule has 0 radical (unpaired) electrons. The summed E-state index contributed by atoms with van der Waals surface area (Å²) in [5, 5.41) is 1.18. The van der Waals surface area contributed by atoms with Gasteiger partial charge in [0.1, 0.15) is 5.82 Å². The second-order valence-electron chi connectivity index (χ2n) is 4.17. The summed E-state index contributed by atoms with van der Waals surface area (Å²) in [6.45, 7) is 4.33. The Kier molecular flexibility index (Phi) is 4.45. The molecule has 0 aliphatic carbocycles. The number of anilines is 1. The predicted molar refractivity (Wildman–Crippen MR) is 63.7 cm³/mol. The van der Waals surface area contributed by atoms with E-state index in [9.17, 15) is 9.18 Å². The van der Waals surface area contributed by atoms with Crippen LogP contribution in [0.2, 0.25) is 0 Å². The molecule has 0 heterocycles. The van der Waals surface area contributed by atoms with Crippen LogP contribution in [0.4, 0.5) is 10.1 Å². The molecule has 1 aromatic rings. The van der Waals surface area contributed by atoms with Gasteiger partial charge in [0.15, 0.2) is 0 Å². The number of benzene rings is 1. The van der Waals surface area contributed by atoms with Crippen LogP contribution < -0.4 is 5.73 Å². The molecule has 1 rings (SSSR count). The van der Waals surface area contributed by atoms with Crippen LogP contribution in [0.1, 0.15) is 24.2 Å². The van der Waals surface area contributed by atoms with Crippen molar-refractivity contribution < 1.29 is 14.0 Å². The predicted octanol–water partition coefficient (Wildman–Crippen LogP) is 2.07. The van der Waals surface area contributed by atoms with E-state index < -0.39 is 11.7 Å². The fourth-order valence-corrected chi connectivity index (χ4v) is 1.42. The summed E-state index contributed by atoms with van der Waals surface area (Å²) in [5.74, 6) is -0.685. The van der Waals surface area contributed by atoms with E-state index in [-0.39, 0.29) is 17.2 Å².